The van der Waals surface area contributed by atoms with E-state index in [-0.39, 0.29) is 16.3 Å². The average Bonchev–Trinajstić information content (AvgIpc) is 2.33. The number of hydrogen-bond donors (Lipinski definition) is 0. The predicted octanol–water partition coefficient (Wildman–Crippen LogP) is 3.34. The van der Waals surface area contributed by atoms with Gasteiger partial charge in [-0.1, -0.05) is 13.8 Å². The molecular formula is C12H16ClNO5S. The van der Waals surface area contributed by atoms with Gasteiger partial charge in [0.25, 0.3) is 14.7 Å². The van der Waals surface area contributed by atoms with Crippen LogP contribution < -0.4 is 4.74 Å². The summed E-state index contributed by atoms with van der Waals surface area (Å²) in [6, 6.07) is 3.34. The van der Waals surface area contributed by atoms with Crippen molar-refractivity contribution >= 4 is 25.4 Å². The summed E-state index contributed by atoms with van der Waals surface area (Å²) in [6.07, 6.45) is 1.70. The first-order valence-corrected chi connectivity index (χ1v) is 8.38. The molecular weight excluding hydrogens is 306 g/mol. The highest BCUT2D eigenvalue weighted by Gasteiger charge is 2.21. The van der Waals surface area contributed by atoms with Crippen molar-refractivity contribution in [1.29, 1.82) is 0 Å². The van der Waals surface area contributed by atoms with E-state index in [2.05, 4.69) is 13.8 Å². The summed E-state index contributed by atoms with van der Waals surface area (Å²) in [5.41, 5.74) is -0.348. The van der Waals surface area contributed by atoms with Gasteiger partial charge in [-0.05, 0) is 24.8 Å². The molecule has 0 heterocycles. The Morgan fingerprint density at radius 2 is 2.05 bits per heavy atom. The number of benzene rings is 1. The van der Waals surface area contributed by atoms with Gasteiger partial charge in [-0.15, -0.1) is 0 Å². The molecule has 1 aromatic carbocycles. The topological polar surface area (TPSA) is 86.5 Å². The van der Waals surface area contributed by atoms with E-state index >= 15 is 0 Å². The number of nitro groups is 1. The number of halogens is 1. The Morgan fingerprint density at radius 1 is 1.40 bits per heavy atom. The minimum Gasteiger partial charge on any atom is -0.492 e. The first kappa shape index (κ1) is 16.7. The third-order valence-corrected chi connectivity index (χ3v) is 3.93. The van der Waals surface area contributed by atoms with Gasteiger partial charge >= 0.3 is 0 Å². The first-order valence-electron chi connectivity index (χ1n) is 6.07. The highest BCUT2D eigenvalue weighted by Crippen LogP contribution is 2.31. The molecule has 0 aliphatic rings. The van der Waals surface area contributed by atoms with E-state index < -0.39 is 14.0 Å². The third-order valence-electron chi connectivity index (χ3n) is 2.58. The van der Waals surface area contributed by atoms with Crippen molar-refractivity contribution in [3.05, 3.63) is 28.3 Å². The van der Waals surface area contributed by atoms with Gasteiger partial charge in [-0.2, -0.15) is 0 Å². The van der Waals surface area contributed by atoms with Crippen molar-refractivity contribution in [2.24, 2.45) is 5.92 Å². The maximum atomic E-state index is 11.4. The number of non-ortho nitro benzene ring substituents is 1. The summed E-state index contributed by atoms with van der Waals surface area (Å²) in [5, 5.41) is 10.7. The van der Waals surface area contributed by atoms with Crippen molar-refractivity contribution in [2.75, 3.05) is 6.61 Å². The molecule has 6 nitrogen and oxygen atoms in total. The Bertz CT molecular complexity index is 586. The molecule has 20 heavy (non-hydrogen) atoms. The summed E-state index contributed by atoms with van der Waals surface area (Å²) in [5.74, 6) is 0.557. The smallest absolute Gasteiger partial charge is 0.271 e. The minimum absolute atomic E-state index is 0.0364. The zero-order chi connectivity index (χ0) is 15.3. The van der Waals surface area contributed by atoms with E-state index in [0.29, 0.717) is 12.5 Å². The van der Waals surface area contributed by atoms with Crippen LogP contribution in [0.1, 0.15) is 26.7 Å². The normalized spacial score (nSPS) is 11.6. The quantitative estimate of drug-likeness (QED) is 0.333. The fraction of sp³-hybridized carbons (Fsp3) is 0.500. The van der Waals surface area contributed by atoms with E-state index in [1.54, 1.807) is 0 Å². The Labute approximate surface area is 122 Å². The molecule has 0 unspecified atom stereocenters. The van der Waals surface area contributed by atoms with E-state index in [9.17, 15) is 18.5 Å². The molecule has 8 heteroatoms. The van der Waals surface area contributed by atoms with Gasteiger partial charge in [-0.3, -0.25) is 10.1 Å². The van der Waals surface area contributed by atoms with Gasteiger partial charge in [0, 0.05) is 22.8 Å². The van der Waals surface area contributed by atoms with Gasteiger partial charge in [0.1, 0.15) is 10.6 Å². The molecule has 0 aliphatic heterocycles. The lowest BCUT2D eigenvalue weighted by Crippen LogP contribution is -2.04. The molecule has 0 N–H and O–H groups in total. The molecule has 0 atom stereocenters. The average molecular weight is 322 g/mol. The number of nitrogens with zero attached hydrogens (tertiary/aromatic N) is 1. The Morgan fingerprint density at radius 3 is 2.55 bits per heavy atom. The third kappa shape index (κ3) is 4.97. The summed E-state index contributed by atoms with van der Waals surface area (Å²) in [4.78, 5) is 9.59. The van der Waals surface area contributed by atoms with Crippen molar-refractivity contribution in [3.63, 3.8) is 0 Å². The highest BCUT2D eigenvalue weighted by atomic mass is 35.7. The second-order valence-electron chi connectivity index (χ2n) is 4.71. The molecule has 1 aromatic rings. The molecule has 0 saturated carbocycles. The lowest BCUT2D eigenvalue weighted by atomic mass is 10.1. The van der Waals surface area contributed by atoms with Crippen LogP contribution >= 0.6 is 10.7 Å². The lowest BCUT2D eigenvalue weighted by Gasteiger charge is -2.10. The summed E-state index contributed by atoms with van der Waals surface area (Å²) < 4.78 is 28.2. The van der Waals surface area contributed by atoms with E-state index in [1.807, 2.05) is 0 Å². The molecule has 0 fully saturated rings. The standard InChI is InChI=1S/C12H16ClNO5S/c1-9(2)4-3-7-19-11-6-5-10(14(15)16)8-12(11)20(13,17)18/h5-6,8-9H,3-4,7H2,1-2H3. The SMILES string of the molecule is CC(C)CCCOc1ccc([N+](=O)[O-])cc1S(=O)(=O)Cl. The predicted molar refractivity (Wildman–Crippen MR) is 75.7 cm³/mol. The number of ether oxygens (including phenoxy) is 1. The summed E-state index contributed by atoms with van der Waals surface area (Å²) >= 11 is 0. The Kier molecular flexibility index (Phi) is 5.76. The van der Waals surface area contributed by atoms with Crippen molar-refractivity contribution < 1.29 is 18.1 Å². The van der Waals surface area contributed by atoms with Gasteiger partial charge < -0.3 is 4.74 Å². The fourth-order valence-electron chi connectivity index (χ4n) is 1.59. The van der Waals surface area contributed by atoms with Gasteiger partial charge in [0.2, 0.25) is 0 Å². The second kappa shape index (κ2) is 6.90. The van der Waals surface area contributed by atoms with Crippen LogP contribution in [0, 0.1) is 16.0 Å². The summed E-state index contributed by atoms with van der Waals surface area (Å²) in [7, 11) is 1.17. The van der Waals surface area contributed by atoms with Crippen molar-refractivity contribution in [3.8, 4) is 5.75 Å². The lowest BCUT2D eigenvalue weighted by molar-refractivity contribution is -0.385. The molecule has 0 aliphatic carbocycles. The van der Waals surface area contributed by atoms with Gasteiger partial charge in [0.15, 0.2) is 0 Å². The zero-order valence-electron chi connectivity index (χ0n) is 11.2. The van der Waals surface area contributed by atoms with Crippen LogP contribution in [0.2, 0.25) is 0 Å². The molecule has 0 aromatic heterocycles. The van der Waals surface area contributed by atoms with Crippen LogP contribution in [0.3, 0.4) is 0 Å². The minimum atomic E-state index is -4.10. The van der Waals surface area contributed by atoms with Crippen LogP contribution in [0.25, 0.3) is 0 Å². The van der Waals surface area contributed by atoms with E-state index in [1.165, 1.54) is 12.1 Å². The van der Waals surface area contributed by atoms with Crippen LogP contribution in [-0.4, -0.2) is 19.9 Å². The maximum Gasteiger partial charge on any atom is 0.271 e. The van der Waals surface area contributed by atoms with Crippen LogP contribution in [0.5, 0.6) is 5.75 Å². The molecule has 0 bridgehead atoms. The molecule has 0 amide bonds. The molecule has 1 rings (SSSR count). The molecule has 0 saturated heterocycles. The largest absolute Gasteiger partial charge is 0.492 e. The van der Waals surface area contributed by atoms with Gasteiger partial charge in [0.05, 0.1) is 11.5 Å². The highest BCUT2D eigenvalue weighted by molar-refractivity contribution is 8.13. The van der Waals surface area contributed by atoms with E-state index in [4.69, 9.17) is 15.4 Å². The zero-order valence-corrected chi connectivity index (χ0v) is 12.8. The molecule has 0 radical (unpaired) electrons. The van der Waals surface area contributed by atoms with E-state index in [0.717, 1.165) is 18.9 Å². The number of hydrogen-bond acceptors (Lipinski definition) is 5. The molecule has 0 spiro atoms. The van der Waals surface area contributed by atoms with Crippen molar-refractivity contribution in [1.82, 2.24) is 0 Å². The van der Waals surface area contributed by atoms with Crippen LogP contribution in [-0.2, 0) is 9.05 Å². The summed E-state index contributed by atoms with van der Waals surface area (Å²) in [6.45, 7) is 4.47. The number of nitro benzene ring substituents is 1. The maximum absolute atomic E-state index is 11.4. The first-order chi connectivity index (χ1) is 9.21. The monoisotopic (exact) mass is 321 g/mol. The van der Waals surface area contributed by atoms with Crippen LogP contribution in [0.4, 0.5) is 5.69 Å². The Balaban J connectivity index is 2.93. The van der Waals surface area contributed by atoms with Gasteiger partial charge in [-0.25, -0.2) is 8.42 Å². The Hall–Kier alpha value is -1.34. The molecule has 112 valence electrons. The fourth-order valence-corrected chi connectivity index (χ4v) is 2.58. The number of rotatable bonds is 7. The van der Waals surface area contributed by atoms with Crippen molar-refractivity contribution in [2.45, 2.75) is 31.6 Å². The van der Waals surface area contributed by atoms with Crippen LogP contribution in [0.15, 0.2) is 23.1 Å². The second-order valence-corrected chi connectivity index (χ2v) is 7.24.